The van der Waals surface area contributed by atoms with Crippen molar-refractivity contribution in [3.63, 3.8) is 0 Å². The molecule has 0 unspecified atom stereocenters. The number of nitrogens with zero attached hydrogens (tertiary/aromatic N) is 1. The highest BCUT2D eigenvalue weighted by molar-refractivity contribution is 5.83. The molecule has 1 aromatic carbocycles. The quantitative estimate of drug-likeness (QED) is 0.804. The van der Waals surface area contributed by atoms with Gasteiger partial charge in [0.25, 0.3) is 0 Å². The summed E-state index contributed by atoms with van der Waals surface area (Å²) in [7, 11) is 1.61. The first-order valence-electron chi connectivity index (χ1n) is 9.11. The van der Waals surface area contributed by atoms with Crippen molar-refractivity contribution in [2.45, 2.75) is 32.2 Å². The molecule has 1 atom stereocenters. The summed E-state index contributed by atoms with van der Waals surface area (Å²) >= 11 is 0. The standard InChI is InChI=1S/C20H25FN2O4/c1-14(13-25-2)22-19(24)20(7-9-26-10-8-20)12-17-11-18(23-27-17)15-3-5-16(21)6-4-15/h3-6,11,14H,7-10,12-13H2,1-2H3,(H,22,24)/t14-/m1/s1. The van der Waals surface area contributed by atoms with Crippen LogP contribution in [0, 0.1) is 11.2 Å². The molecule has 1 saturated heterocycles. The van der Waals surface area contributed by atoms with E-state index in [9.17, 15) is 9.18 Å². The van der Waals surface area contributed by atoms with Gasteiger partial charge in [0.1, 0.15) is 17.3 Å². The van der Waals surface area contributed by atoms with Crippen molar-refractivity contribution in [1.82, 2.24) is 10.5 Å². The van der Waals surface area contributed by atoms with Gasteiger partial charge < -0.3 is 19.3 Å². The summed E-state index contributed by atoms with van der Waals surface area (Å²) < 4.78 is 29.2. The summed E-state index contributed by atoms with van der Waals surface area (Å²) in [5.41, 5.74) is 0.797. The Balaban J connectivity index is 1.76. The van der Waals surface area contributed by atoms with E-state index in [-0.39, 0.29) is 17.8 Å². The van der Waals surface area contributed by atoms with Crippen LogP contribution >= 0.6 is 0 Å². The minimum atomic E-state index is -0.597. The largest absolute Gasteiger partial charge is 0.383 e. The predicted molar refractivity (Wildman–Crippen MR) is 97.6 cm³/mol. The average molecular weight is 376 g/mol. The molecule has 0 radical (unpaired) electrons. The van der Waals surface area contributed by atoms with E-state index in [1.54, 1.807) is 19.2 Å². The maximum absolute atomic E-state index is 13.1. The van der Waals surface area contributed by atoms with Crippen LogP contribution < -0.4 is 5.32 Å². The fourth-order valence-electron chi connectivity index (χ4n) is 3.40. The lowest BCUT2D eigenvalue weighted by Crippen LogP contribution is -2.49. The monoisotopic (exact) mass is 376 g/mol. The molecule has 146 valence electrons. The van der Waals surface area contributed by atoms with E-state index in [4.69, 9.17) is 14.0 Å². The Morgan fingerprint density at radius 2 is 2.04 bits per heavy atom. The topological polar surface area (TPSA) is 73.6 Å². The molecule has 1 aliphatic rings. The van der Waals surface area contributed by atoms with Crippen LogP contribution in [-0.4, -0.2) is 44.0 Å². The number of methoxy groups -OCH3 is 1. The molecule has 1 amide bonds. The van der Waals surface area contributed by atoms with E-state index < -0.39 is 5.41 Å². The van der Waals surface area contributed by atoms with Gasteiger partial charge in [-0.3, -0.25) is 4.79 Å². The van der Waals surface area contributed by atoms with Gasteiger partial charge in [-0.2, -0.15) is 0 Å². The Morgan fingerprint density at radius 1 is 1.33 bits per heavy atom. The van der Waals surface area contributed by atoms with E-state index >= 15 is 0 Å². The van der Waals surface area contributed by atoms with Crippen LogP contribution in [0.4, 0.5) is 4.39 Å². The fraction of sp³-hybridized carbons (Fsp3) is 0.500. The van der Waals surface area contributed by atoms with Gasteiger partial charge in [0.15, 0.2) is 0 Å². The molecular formula is C20H25FN2O4. The molecule has 1 aromatic heterocycles. The summed E-state index contributed by atoms with van der Waals surface area (Å²) in [6.07, 6.45) is 1.67. The van der Waals surface area contributed by atoms with E-state index in [0.717, 1.165) is 5.56 Å². The van der Waals surface area contributed by atoms with Crippen LogP contribution in [0.1, 0.15) is 25.5 Å². The third-order valence-corrected chi connectivity index (χ3v) is 4.94. The summed E-state index contributed by atoms with van der Waals surface area (Å²) in [4.78, 5) is 13.0. The van der Waals surface area contributed by atoms with Gasteiger partial charge in [0.2, 0.25) is 5.91 Å². The fourth-order valence-corrected chi connectivity index (χ4v) is 3.40. The Labute approximate surface area is 158 Å². The number of ether oxygens (including phenoxy) is 2. The molecular weight excluding hydrogens is 351 g/mol. The van der Waals surface area contributed by atoms with Gasteiger partial charge >= 0.3 is 0 Å². The number of rotatable bonds is 7. The molecule has 27 heavy (non-hydrogen) atoms. The normalized spacial score (nSPS) is 17.4. The summed E-state index contributed by atoms with van der Waals surface area (Å²) in [5.74, 6) is 0.311. The Morgan fingerprint density at radius 3 is 2.70 bits per heavy atom. The van der Waals surface area contributed by atoms with Crippen LogP contribution in [-0.2, 0) is 20.7 Å². The average Bonchev–Trinajstić information content (AvgIpc) is 3.11. The number of hydrogen-bond donors (Lipinski definition) is 1. The minimum absolute atomic E-state index is 0.0184. The summed E-state index contributed by atoms with van der Waals surface area (Å²) in [5, 5.41) is 7.12. The molecule has 2 aromatic rings. The van der Waals surface area contributed by atoms with Gasteiger partial charge in [-0.25, -0.2) is 4.39 Å². The Kier molecular flexibility index (Phi) is 6.23. The molecule has 1 fully saturated rings. The third kappa shape index (κ3) is 4.73. The highest BCUT2D eigenvalue weighted by Crippen LogP contribution is 2.36. The Hall–Kier alpha value is -2.25. The van der Waals surface area contributed by atoms with Crippen LogP contribution in [0.15, 0.2) is 34.9 Å². The SMILES string of the molecule is COC[C@@H](C)NC(=O)C1(Cc2cc(-c3ccc(F)cc3)no2)CCOCC1. The molecule has 0 aliphatic carbocycles. The zero-order valence-corrected chi connectivity index (χ0v) is 15.7. The molecule has 2 heterocycles. The first-order chi connectivity index (χ1) is 13.0. The van der Waals surface area contributed by atoms with E-state index in [1.807, 2.05) is 13.0 Å². The van der Waals surface area contributed by atoms with Crippen molar-refractivity contribution in [2.24, 2.45) is 5.41 Å². The van der Waals surface area contributed by atoms with E-state index in [1.165, 1.54) is 12.1 Å². The number of nitrogens with one attached hydrogen (secondary N) is 1. The third-order valence-electron chi connectivity index (χ3n) is 4.94. The molecule has 0 spiro atoms. The maximum atomic E-state index is 13.1. The number of aromatic nitrogens is 1. The highest BCUT2D eigenvalue weighted by atomic mass is 19.1. The lowest BCUT2D eigenvalue weighted by atomic mass is 9.75. The van der Waals surface area contributed by atoms with Crippen molar-refractivity contribution in [2.75, 3.05) is 26.9 Å². The van der Waals surface area contributed by atoms with Crippen molar-refractivity contribution in [3.8, 4) is 11.3 Å². The second-order valence-electron chi connectivity index (χ2n) is 7.08. The van der Waals surface area contributed by atoms with Crippen molar-refractivity contribution < 1.29 is 23.2 Å². The van der Waals surface area contributed by atoms with Crippen molar-refractivity contribution in [1.29, 1.82) is 0 Å². The molecule has 1 aliphatic heterocycles. The zero-order valence-electron chi connectivity index (χ0n) is 15.7. The smallest absolute Gasteiger partial charge is 0.227 e. The van der Waals surface area contributed by atoms with Crippen LogP contribution in [0.5, 0.6) is 0 Å². The molecule has 0 saturated carbocycles. The van der Waals surface area contributed by atoms with E-state index in [2.05, 4.69) is 10.5 Å². The molecule has 7 heteroatoms. The number of benzene rings is 1. The van der Waals surface area contributed by atoms with Gasteiger partial charge in [-0.1, -0.05) is 5.16 Å². The number of hydrogen-bond acceptors (Lipinski definition) is 5. The van der Waals surface area contributed by atoms with Crippen LogP contribution in [0.3, 0.4) is 0 Å². The number of carbonyl (C=O) groups excluding carboxylic acids is 1. The second-order valence-corrected chi connectivity index (χ2v) is 7.08. The lowest BCUT2D eigenvalue weighted by Gasteiger charge is -2.35. The van der Waals surface area contributed by atoms with Crippen molar-refractivity contribution >= 4 is 5.91 Å². The van der Waals surface area contributed by atoms with Crippen LogP contribution in [0.25, 0.3) is 11.3 Å². The lowest BCUT2D eigenvalue weighted by molar-refractivity contribution is -0.138. The second kappa shape index (κ2) is 8.63. The van der Waals surface area contributed by atoms with Gasteiger partial charge in [0, 0.05) is 44.4 Å². The number of halogens is 1. The first kappa shape index (κ1) is 19.5. The summed E-state index contributed by atoms with van der Waals surface area (Å²) in [6, 6.07) is 7.81. The van der Waals surface area contributed by atoms with Crippen LogP contribution in [0.2, 0.25) is 0 Å². The Bertz CT molecular complexity index is 754. The first-order valence-corrected chi connectivity index (χ1v) is 9.11. The van der Waals surface area contributed by atoms with Gasteiger partial charge in [-0.15, -0.1) is 0 Å². The number of amides is 1. The molecule has 6 nitrogen and oxygen atoms in total. The van der Waals surface area contributed by atoms with Crippen molar-refractivity contribution in [3.05, 3.63) is 41.9 Å². The van der Waals surface area contributed by atoms with Gasteiger partial charge in [-0.05, 0) is 44.0 Å². The zero-order chi connectivity index (χ0) is 19.3. The number of carbonyl (C=O) groups is 1. The summed E-state index contributed by atoms with van der Waals surface area (Å²) in [6.45, 7) is 3.43. The van der Waals surface area contributed by atoms with Gasteiger partial charge in [0.05, 0.1) is 12.0 Å². The molecule has 1 N–H and O–H groups in total. The molecule has 0 bridgehead atoms. The molecule has 3 rings (SSSR count). The maximum Gasteiger partial charge on any atom is 0.227 e. The predicted octanol–water partition coefficient (Wildman–Crippen LogP) is 2.97. The van der Waals surface area contributed by atoms with E-state index in [0.29, 0.717) is 50.5 Å². The minimum Gasteiger partial charge on any atom is -0.383 e. The highest BCUT2D eigenvalue weighted by Gasteiger charge is 2.41.